The smallest absolute Gasteiger partial charge is 0.396 e. The highest BCUT2D eigenvalue weighted by atomic mass is 19.4. The third-order valence-electron chi connectivity index (χ3n) is 8.10. The molecule has 1 aliphatic rings. The lowest BCUT2D eigenvalue weighted by Gasteiger charge is -2.34. The predicted octanol–water partition coefficient (Wildman–Crippen LogP) is 6.88. The van der Waals surface area contributed by atoms with Crippen molar-refractivity contribution in [1.29, 1.82) is 0 Å². The van der Waals surface area contributed by atoms with Crippen molar-refractivity contribution in [3.05, 3.63) is 58.3 Å². The number of nitrogens with zero attached hydrogens (tertiary/aromatic N) is 7. The number of rotatable bonds is 11. The highest BCUT2D eigenvalue weighted by Gasteiger charge is 2.38. The highest BCUT2D eigenvalue weighted by Crippen LogP contribution is 2.38. The average molecular weight is 668 g/mol. The zero-order valence-corrected chi connectivity index (χ0v) is 25.1. The molecular weight excluding hydrogens is 633 g/mol. The summed E-state index contributed by atoms with van der Waals surface area (Å²) in [5, 5.41) is 20.8. The van der Waals surface area contributed by atoms with E-state index in [9.17, 15) is 44.6 Å². The van der Waals surface area contributed by atoms with Crippen LogP contribution in [0.25, 0.3) is 0 Å². The van der Waals surface area contributed by atoms with Crippen LogP contribution in [0.2, 0.25) is 0 Å². The summed E-state index contributed by atoms with van der Waals surface area (Å²) in [6, 6.07) is 1.98. The summed E-state index contributed by atoms with van der Waals surface area (Å²) in [7, 11) is 1.38. The first-order valence-corrected chi connectivity index (χ1v) is 14.7. The van der Waals surface area contributed by atoms with E-state index in [1.165, 1.54) is 7.05 Å². The number of halogens is 9. The van der Waals surface area contributed by atoms with E-state index in [0.29, 0.717) is 43.8 Å². The number of aliphatic hydroxyl groups excluding tert-OH is 1. The van der Waals surface area contributed by atoms with E-state index in [1.807, 2.05) is 11.8 Å². The molecule has 46 heavy (non-hydrogen) atoms. The summed E-state index contributed by atoms with van der Waals surface area (Å²) < 4.78 is 123. The first kappa shape index (κ1) is 35.2. The number of hydrogen-bond acceptors (Lipinski definition) is 7. The molecule has 0 unspecified atom stereocenters. The molecule has 254 valence electrons. The Morgan fingerprint density at radius 3 is 1.89 bits per heavy atom. The van der Waals surface area contributed by atoms with Crippen LogP contribution >= 0.6 is 0 Å². The van der Waals surface area contributed by atoms with Crippen LogP contribution in [0.3, 0.4) is 0 Å². The molecule has 17 heteroatoms. The number of pyridine rings is 1. The van der Waals surface area contributed by atoms with E-state index < -0.39 is 53.9 Å². The fourth-order valence-corrected chi connectivity index (χ4v) is 5.76. The maximum absolute atomic E-state index is 13.8. The van der Waals surface area contributed by atoms with Crippen LogP contribution in [0.5, 0.6) is 0 Å². The molecule has 0 spiro atoms. The third-order valence-corrected chi connectivity index (χ3v) is 8.10. The van der Waals surface area contributed by atoms with Gasteiger partial charge >= 0.3 is 18.5 Å². The number of aromatic nitrogens is 5. The molecule has 0 amide bonds. The van der Waals surface area contributed by atoms with Gasteiger partial charge in [-0.05, 0) is 73.1 Å². The zero-order valence-electron chi connectivity index (χ0n) is 25.1. The number of anilines is 2. The van der Waals surface area contributed by atoms with Gasteiger partial charge in [0.05, 0.1) is 23.7 Å². The van der Waals surface area contributed by atoms with Crippen LogP contribution in [0.4, 0.5) is 51.3 Å². The van der Waals surface area contributed by atoms with Gasteiger partial charge in [0.25, 0.3) is 5.95 Å². The van der Waals surface area contributed by atoms with Crippen molar-refractivity contribution in [2.24, 2.45) is 18.9 Å². The van der Waals surface area contributed by atoms with Crippen LogP contribution in [0.15, 0.2) is 30.5 Å². The Labute approximate surface area is 259 Å². The molecule has 0 aliphatic heterocycles. The molecule has 2 aromatic heterocycles. The summed E-state index contributed by atoms with van der Waals surface area (Å²) in [5.41, 5.74) is -4.52. The van der Waals surface area contributed by atoms with E-state index in [4.69, 9.17) is 0 Å². The molecule has 1 aliphatic carbocycles. The number of hydrogen-bond donors (Lipinski definition) is 1. The second-order valence-corrected chi connectivity index (χ2v) is 11.5. The Morgan fingerprint density at radius 2 is 1.39 bits per heavy atom. The lowest BCUT2D eigenvalue weighted by Crippen LogP contribution is -2.34. The summed E-state index contributed by atoms with van der Waals surface area (Å²) in [6.07, 6.45) is -10.1. The van der Waals surface area contributed by atoms with E-state index in [1.54, 1.807) is 0 Å². The van der Waals surface area contributed by atoms with Crippen molar-refractivity contribution >= 4 is 11.8 Å². The van der Waals surface area contributed by atoms with Gasteiger partial charge in [0.2, 0.25) is 0 Å². The number of benzene rings is 1. The fraction of sp³-hybridized carbons (Fsp3) is 0.586. The minimum absolute atomic E-state index is 0.000353. The van der Waals surface area contributed by atoms with Gasteiger partial charge in [-0.1, -0.05) is 17.9 Å². The summed E-state index contributed by atoms with van der Waals surface area (Å²) in [5.74, 6) is 0.581. The molecule has 0 radical (unpaired) electrons. The third kappa shape index (κ3) is 9.00. The van der Waals surface area contributed by atoms with Gasteiger partial charge in [-0.25, -0.2) is 4.98 Å². The second-order valence-electron chi connectivity index (χ2n) is 11.5. The second kappa shape index (κ2) is 14.0. The molecule has 3 aromatic rings. The average Bonchev–Trinajstić information content (AvgIpc) is 3.41. The number of alkyl halides is 9. The van der Waals surface area contributed by atoms with Crippen molar-refractivity contribution < 1.29 is 44.6 Å². The van der Waals surface area contributed by atoms with Gasteiger partial charge in [-0.2, -0.15) is 44.3 Å². The standard InChI is InChI=1S/C29H34F9N7O/c1-3-44(15-19-6-4-18(5-7-19)8-9-46)25-21(12-24(14-39-25)29(36,37)38)17-45(26-40-42-43(2)41-26)16-20-10-22(27(30,31)32)13-23(11-20)28(33,34)35/h10-14,18-19,46H,3-9,15-17H2,1-2H3. The van der Waals surface area contributed by atoms with Crippen molar-refractivity contribution in [1.82, 2.24) is 25.2 Å². The quantitative estimate of drug-likeness (QED) is 0.223. The highest BCUT2D eigenvalue weighted by molar-refractivity contribution is 5.51. The van der Waals surface area contributed by atoms with Crippen LogP contribution in [0, 0.1) is 11.8 Å². The van der Waals surface area contributed by atoms with Gasteiger partial charge in [0.1, 0.15) is 5.82 Å². The number of tetrazole rings is 1. The molecule has 1 aromatic carbocycles. The Bertz CT molecular complexity index is 1420. The topological polar surface area (TPSA) is 83.2 Å². The molecule has 0 saturated heterocycles. The lowest BCUT2D eigenvalue weighted by atomic mass is 9.80. The molecule has 4 rings (SSSR count). The van der Waals surface area contributed by atoms with E-state index in [0.717, 1.165) is 41.4 Å². The van der Waals surface area contributed by atoms with Crippen LogP contribution in [-0.2, 0) is 38.7 Å². The lowest BCUT2D eigenvalue weighted by molar-refractivity contribution is -0.143. The molecule has 1 fully saturated rings. The maximum Gasteiger partial charge on any atom is 0.417 e. The molecule has 1 N–H and O–H groups in total. The van der Waals surface area contributed by atoms with Gasteiger partial charge in [0.15, 0.2) is 0 Å². The predicted molar refractivity (Wildman–Crippen MR) is 149 cm³/mol. The molecule has 2 heterocycles. The van der Waals surface area contributed by atoms with Gasteiger partial charge < -0.3 is 14.9 Å². The van der Waals surface area contributed by atoms with Gasteiger partial charge in [-0.3, -0.25) is 0 Å². The summed E-state index contributed by atoms with van der Waals surface area (Å²) >= 11 is 0. The Kier molecular flexibility index (Phi) is 10.7. The molecular formula is C29H34F9N7O. The Balaban J connectivity index is 1.73. The minimum Gasteiger partial charge on any atom is -0.396 e. The number of aliphatic hydroxyl groups is 1. The first-order valence-electron chi connectivity index (χ1n) is 14.7. The first-order chi connectivity index (χ1) is 21.5. The number of aryl methyl sites for hydroxylation is 1. The Morgan fingerprint density at radius 1 is 0.804 bits per heavy atom. The SMILES string of the molecule is CCN(CC1CCC(CCO)CC1)c1ncc(C(F)(F)F)cc1CN(Cc1cc(C(F)(F)F)cc(C(F)(F)F)c1)c1nnn(C)n1. The van der Waals surface area contributed by atoms with E-state index in [2.05, 4.69) is 20.4 Å². The van der Waals surface area contributed by atoms with Crippen LogP contribution in [-0.4, -0.2) is 50.0 Å². The zero-order chi connectivity index (χ0) is 33.9. The largest absolute Gasteiger partial charge is 0.417 e. The van der Waals surface area contributed by atoms with Crippen molar-refractivity contribution in [2.75, 3.05) is 29.5 Å². The Hall–Kier alpha value is -3.63. The fourth-order valence-electron chi connectivity index (χ4n) is 5.76. The van der Waals surface area contributed by atoms with Crippen LogP contribution in [0.1, 0.15) is 66.8 Å². The van der Waals surface area contributed by atoms with Gasteiger partial charge in [0, 0.05) is 44.5 Å². The maximum atomic E-state index is 13.8. The molecule has 0 atom stereocenters. The molecule has 0 bridgehead atoms. The van der Waals surface area contributed by atoms with E-state index in [-0.39, 0.29) is 35.9 Å². The normalized spacial score (nSPS) is 17.7. The minimum atomic E-state index is -5.09. The summed E-state index contributed by atoms with van der Waals surface area (Å²) in [6.45, 7) is 1.70. The van der Waals surface area contributed by atoms with Crippen molar-refractivity contribution in [3.63, 3.8) is 0 Å². The van der Waals surface area contributed by atoms with Gasteiger partial charge in [-0.15, -0.1) is 5.10 Å². The van der Waals surface area contributed by atoms with Crippen molar-refractivity contribution in [2.45, 2.75) is 70.6 Å². The molecule has 1 saturated carbocycles. The van der Waals surface area contributed by atoms with Crippen molar-refractivity contribution in [3.8, 4) is 0 Å². The monoisotopic (exact) mass is 667 g/mol. The van der Waals surface area contributed by atoms with E-state index >= 15 is 0 Å². The molecule has 8 nitrogen and oxygen atoms in total. The van der Waals surface area contributed by atoms with Crippen LogP contribution < -0.4 is 9.80 Å². The summed E-state index contributed by atoms with van der Waals surface area (Å²) in [4.78, 5) is 8.16.